The van der Waals surface area contributed by atoms with Gasteiger partial charge in [-0.1, -0.05) is 64.5 Å². The van der Waals surface area contributed by atoms with Crippen molar-refractivity contribution >= 4 is 11.8 Å². The van der Waals surface area contributed by atoms with Gasteiger partial charge in [-0.3, -0.25) is 9.59 Å². The number of carbonyl (C=O) groups excluding carboxylic acids is 2. The molecule has 1 fully saturated rings. The quantitative estimate of drug-likeness (QED) is 0.231. The van der Waals surface area contributed by atoms with Gasteiger partial charge in [0.05, 0.1) is 12.7 Å². The number of aliphatic hydroxyl groups is 1. The van der Waals surface area contributed by atoms with E-state index in [9.17, 15) is 14.7 Å². The van der Waals surface area contributed by atoms with E-state index in [1.54, 1.807) is 0 Å². The highest BCUT2D eigenvalue weighted by Gasteiger charge is 2.30. The number of ketones is 1. The Bertz CT molecular complexity index is 507. The second-order valence-corrected chi connectivity index (χ2v) is 8.86. The van der Waals surface area contributed by atoms with Gasteiger partial charge in [0.1, 0.15) is 5.78 Å². The molecule has 0 amide bonds. The van der Waals surface area contributed by atoms with Crippen LogP contribution in [0.4, 0.5) is 0 Å². The lowest BCUT2D eigenvalue weighted by atomic mass is 9.81. The first-order valence-corrected chi connectivity index (χ1v) is 11.4. The van der Waals surface area contributed by atoms with Gasteiger partial charge in [-0.05, 0) is 39.0 Å². The molecule has 1 aliphatic rings. The monoisotopic (exact) mass is 394 g/mol. The third-order valence-electron chi connectivity index (χ3n) is 6.08. The maximum absolute atomic E-state index is 12.6. The number of unbranched alkanes of at least 4 members (excludes halogenated alkanes) is 4. The zero-order valence-corrected chi connectivity index (χ0v) is 18.6. The van der Waals surface area contributed by atoms with E-state index in [-0.39, 0.29) is 23.4 Å². The summed E-state index contributed by atoms with van der Waals surface area (Å²) in [5.74, 6) is 0.412. The maximum atomic E-state index is 12.6. The van der Waals surface area contributed by atoms with E-state index in [2.05, 4.69) is 26.8 Å². The molecule has 0 radical (unpaired) electrons. The molecule has 28 heavy (non-hydrogen) atoms. The van der Waals surface area contributed by atoms with Crippen LogP contribution in [0.5, 0.6) is 0 Å². The summed E-state index contributed by atoms with van der Waals surface area (Å²) in [5, 5.41) is 10.3. The van der Waals surface area contributed by atoms with Crippen LogP contribution in [-0.4, -0.2) is 29.6 Å². The molecular weight excluding hydrogens is 352 g/mol. The summed E-state index contributed by atoms with van der Waals surface area (Å²) in [7, 11) is 0. The lowest BCUT2D eigenvalue weighted by Crippen LogP contribution is -2.23. The number of Topliss-reactive ketones (excluding diaryl/α,β-unsaturated/α-hetero) is 1. The van der Waals surface area contributed by atoms with Crippen molar-refractivity contribution in [2.24, 2.45) is 11.3 Å². The van der Waals surface area contributed by atoms with Crippen LogP contribution in [0.15, 0.2) is 11.6 Å². The normalized spacial score (nSPS) is 21.2. The minimum atomic E-state index is -0.269. The van der Waals surface area contributed by atoms with Crippen molar-refractivity contribution in [2.45, 2.75) is 111 Å². The molecule has 1 saturated carbocycles. The number of rotatable bonds is 14. The third kappa shape index (κ3) is 8.89. The number of esters is 1. The fraction of sp³-hybridized carbons (Fsp3) is 0.833. The van der Waals surface area contributed by atoms with Crippen molar-refractivity contribution in [3.8, 4) is 0 Å². The number of allylic oxidation sites excluding steroid dienone is 1. The number of carbonyl (C=O) groups is 2. The van der Waals surface area contributed by atoms with Gasteiger partial charge in [0.2, 0.25) is 0 Å². The number of aliphatic hydroxyl groups excluding tert-OH is 1. The molecule has 4 heteroatoms. The highest BCUT2D eigenvalue weighted by molar-refractivity contribution is 5.85. The van der Waals surface area contributed by atoms with Crippen LogP contribution in [0.2, 0.25) is 0 Å². The topological polar surface area (TPSA) is 63.6 Å². The van der Waals surface area contributed by atoms with Crippen LogP contribution in [0.3, 0.4) is 0 Å². The summed E-state index contributed by atoms with van der Waals surface area (Å²) in [6, 6.07) is 0. The molecule has 0 heterocycles. The van der Waals surface area contributed by atoms with E-state index in [0.29, 0.717) is 25.2 Å². The molecule has 0 aliphatic heterocycles. The second-order valence-electron chi connectivity index (χ2n) is 8.86. The summed E-state index contributed by atoms with van der Waals surface area (Å²) < 4.78 is 4.94. The highest BCUT2D eigenvalue weighted by atomic mass is 16.5. The number of hydrogen-bond acceptors (Lipinski definition) is 4. The molecule has 0 bridgehead atoms. The van der Waals surface area contributed by atoms with Crippen LogP contribution in [0.25, 0.3) is 0 Å². The van der Waals surface area contributed by atoms with Crippen molar-refractivity contribution in [1.82, 2.24) is 0 Å². The molecule has 0 aromatic heterocycles. The smallest absolute Gasteiger partial charge is 0.305 e. The van der Waals surface area contributed by atoms with Gasteiger partial charge in [-0.2, -0.15) is 0 Å². The lowest BCUT2D eigenvalue weighted by molar-refractivity contribution is -0.143. The summed E-state index contributed by atoms with van der Waals surface area (Å²) in [6.07, 6.45) is 12.7. The Morgan fingerprint density at radius 3 is 2.54 bits per heavy atom. The Kier molecular flexibility index (Phi) is 11.7. The Balaban J connectivity index is 2.39. The average molecular weight is 395 g/mol. The van der Waals surface area contributed by atoms with Crippen LogP contribution in [-0.2, 0) is 14.3 Å². The molecule has 4 nitrogen and oxygen atoms in total. The van der Waals surface area contributed by atoms with Crippen molar-refractivity contribution < 1.29 is 19.4 Å². The molecule has 0 aromatic rings. The van der Waals surface area contributed by atoms with Gasteiger partial charge in [-0.15, -0.1) is 0 Å². The summed E-state index contributed by atoms with van der Waals surface area (Å²) in [4.78, 5) is 23.9. The van der Waals surface area contributed by atoms with Gasteiger partial charge in [0, 0.05) is 24.2 Å². The lowest BCUT2D eigenvalue weighted by Gasteiger charge is -2.22. The van der Waals surface area contributed by atoms with Crippen molar-refractivity contribution in [3.63, 3.8) is 0 Å². The largest absolute Gasteiger partial charge is 0.466 e. The van der Waals surface area contributed by atoms with E-state index in [1.165, 1.54) is 5.57 Å². The SMILES string of the molecule is CCCCC(C)(C)C(=O)CC=C1CC[C@@H](O)[C@@H]1CCCCCCC(=O)OCC. The molecule has 0 spiro atoms. The number of hydrogen-bond donors (Lipinski definition) is 1. The molecule has 2 atom stereocenters. The zero-order chi connectivity index (χ0) is 21.0. The van der Waals surface area contributed by atoms with Crippen LogP contribution >= 0.6 is 0 Å². The molecule has 1 rings (SSSR count). The van der Waals surface area contributed by atoms with Crippen LogP contribution in [0, 0.1) is 11.3 Å². The fourth-order valence-electron chi connectivity index (χ4n) is 4.06. The Labute approximate surface area is 172 Å². The maximum Gasteiger partial charge on any atom is 0.305 e. The first-order valence-electron chi connectivity index (χ1n) is 11.4. The summed E-state index contributed by atoms with van der Waals surface area (Å²) >= 11 is 0. The van der Waals surface area contributed by atoms with Gasteiger partial charge >= 0.3 is 5.97 Å². The predicted octanol–water partition coefficient (Wildman–Crippen LogP) is 5.76. The van der Waals surface area contributed by atoms with E-state index in [4.69, 9.17) is 4.74 Å². The van der Waals surface area contributed by atoms with E-state index >= 15 is 0 Å². The van der Waals surface area contributed by atoms with Crippen molar-refractivity contribution in [2.75, 3.05) is 6.61 Å². The molecule has 1 aliphatic carbocycles. The second kappa shape index (κ2) is 13.1. The third-order valence-corrected chi connectivity index (χ3v) is 6.08. The standard InChI is InChI=1S/C24H42O4/c1-5-7-18-24(3,4)22(26)17-15-19-14-16-21(25)20(19)12-10-8-9-11-13-23(27)28-6-2/h15,20-21,25H,5-14,16-18H2,1-4H3/t20-,21-/m1/s1. The molecule has 0 unspecified atom stereocenters. The van der Waals surface area contributed by atoms with Crippen molar-refractivity contribution in [1.29, 1.82) is 0 Å². The van der Waals surface area contributed by atoms with Crippen LogP contribution in [0.1, 0.15) is 105 Å². The minimum absolute atomic E-state index is 0.106. The minimum Gasteiger partial charge on any atom is -0.466 e. The zero-order valence-electron chi connectivity index (χ0n) is 18.6. The van der Waals surface area contributed by atoms with Gasteiger partial charge in [0.15, 0.2) is 0 Å². The molecule has 0 saturated heterocycles. The fourth-order valence-corrected chi connectivity index (χ4v) is 4.06. The Morgan fingerprint density at radius 2 is 1.86 bits per heavy atom. The number of ether oxygens (including phenoxy) is 1. The van der Waals surface area contributed by atoms with E-state index in [1.807, 2.05) is 6.92 Å². The molecule has 162 valence electrons. The van der Waals surface area contributed by atoms with Crippen molar-refractivity contribution in [3.05, 3.63) is 11.6 Å². The van der Waals surface area contributed by atoms with Gasteiger partial charge < -0.3 is 9.84 Å². The predicted molar refractivity (Wildman–Crippen MR) is 114 cm³/mol. The molecule has 1 N–H and O–H groups in total. The average Bonchev–Trinajstić information content (AvgIpc) is 3.00. The Hall–Kier alpha value is -1.16. The molecule has 0 aromatic carbocycles. The van der Waals surface area contributed by atoms with Gasteiger partial charge in [0.25, 0.3) is 0 Å². The summed E-state index contributed by atoms with van der Waals surface area (Å²) in [5.41, 5.74) is 1.03. The summed E-state index contributed by atoms with van der Waals surface area (Å²) in [6.45, 7) is 8.55. The van der Waals surface area contributed by atoms with E-state index < -0.39 is 0 Å². The van der Waals surface area contributed by atoms with Gasteiger partial charge in [-0.25, -0.2) is 0 Å². The molecular formula is C24H42O4. The first-order chi connectivity index (χ1) is 13.3. The first kappa shape index (κ1) is 24.9. The van der Waals surface area contributed by atoms with E-state index in [0.717, 1.165) is 64.2 Å². The Morgan fingerprint density at radius 1 is 1.14 bits per heavy atom. The highest BCUT2D eigenvalue weighted by Crippen LogP contribution is 2.36. The van der Waals surface area contributed by atoms with Crippen LogP contribution < -0.4 is 0 Å².